The Morgan fingerprint density at radius 3 is 1.47 bits per heavy atom. The van der Waals surface area contributed by atoms with E-state index in [1.54, 1.807) is 13.8 Å². The second-order valence-electron chi connectivity index (χ2n) is 21.3. The topological polar surface area (TPSA) is 521 Å². The van der Waals surface area contributed by atoms with Gasteiger partial charge in [-0.2, -0.15) is 0 Å². The van der Waals surface area contributed by atoms with Crippen molar-refractivity contribution in [2.24, 2.45) is 23.1 Å². The summed E-state index contributed by atoms with van der Waals surface area (Å²) in [5.74, 6) is -14.6. The van der Waals surface area contributed by atoms with Crippen molar-refractivity contribution in [1.82, 2.24) is 47.4 Å². The summed E-state index contributed by atoms with van der Waals surface area (Å²) >= 11 is 0. The first-order valence-electron chi connectivity index (χ1n) is 28.3. The lowest BCUT2D eigenvalue weighted by Gasteiger charge is -2.30. The van der Waals surface area contributed by atoms with Gasteiger partial charge in [0.1, 0.15) is 65.9 Å². The van der Waals surface area contributed by atoms with Crippen molar-refractivity contribution < 1.29 is 93.0 Å². The Labute approximate surface area is 501 Å². The van der Waals surface area contributed by atoms with Crippen LogP contribution in [0.5, 0.6) is 11.5 Å². The highest BCUT2D eigenvalue weighted by molar-refractivity contribution is 5.99. The number of carboxylic acid groups (broad SMARTS) is 3. The molecule has 1 saturated heterocycles. The summed E-state index contributed by atoms with van der Waals surface area (Å²) in [6.07, 6.45) is -4.47. The van der Waals surface area contributed by atoms with Gasteiger partial charge in [0.2, 0.25) is 59.1 Å². The van der Waals surface area contributed by atoms with Crippen LogP contribution >= 0.6 is 0 Å². The van der Waals surface area contributed by atoms with Crippen LogP contribution in [-0.2, 0) is 75.2 Å². The second kappa shape index (κ2) is 35.5. The van der Waals surface area contributed by atoms with Crippen LogP contribution in [0.2, 0.25) is 0 Å². The Morgan fingerprint density at radius 1 is 0.563 bits per heavy atom. The van der Waals surface area contributed by atoms with E-state index in [1.165, 1.54) is 55.5 Å². The maximum atomic E-state index is 14.2. The number of nitrogens with zero attached hydrogens (tertiary/aromatic N) is 1. The number of aromatic hydroxyl groups is 2. The molecular weight excluding hydrogens is 1140 g/mol. The number of amides is 10. The van der Waals surface area contributed by atoms with Crippen LogP contribution in [0.4, 0.5) is 0 Å². The van der Waals surface area contributed by atoms with E-state index in [-0.39, 0.29) is 69.5 Å². The molecule has 0 bridgehead atoms. The van der Waals surface area contributed by atoms with Crippen LogP contribution in [0.25, 0.3) is 0 Å². The van der Waals surface area contributed by atoms with E-state index >= 15 is 0 Å². The molecule has 0 radical (unpaired) electrons. The molecular formula is C56H82N12O19. The van der Waals surface area contributed by atoms with Crippen LogP contribution in [0.3, 0.4) is 0 Å². The fourth-order valence-electron chi connectivity index (χ4n) is 9.12. The molecule has 87 heavy (non-hydrogen) atoms. The number of phenolic OH excluding ortho intramolecular Hbond substituents is 2. The quantitative estimate of drug-likeness (QED) is 0.0310. The first kappa shape index (κ1) is 72.3. The number of carbonyl (C=O) groups is 13. The normalized spacial score (nSPS) is 16.6. The molecule has 31 heteroatoms. The van der Waals surface area contributed by atoms with Crippen LogP contribution < -0.4 is 59.7 Å². The fraction of sp³-hybridized carbons (Fsp3) is 0.554. The molecule has 0 saturated carbocycles. The Morgan fingerprint density at radius 2 is 1.00 bits per heavy atom. The summed E-state index contributed by atoms with van der Waals surface area (Å²) in [4.78, 5) is 173. The highest BCUT2D eigenvalue weighted by atomic mass is 16.4. The number of nitrogens with one attached hydrogen (secondary N) is 8. The number of carbonyl (C=O) groups excluding carboxylic acids is 10. The molecule has 0 aliphatic carbocycles. The zero-order valence-corrected chi connectivity index (χ0v) is 48.8. The van der Waals surface area contributed by atoms with E-state index in [0.717, 1.165) is 11.8 Å². The molecule has 2 aromatic carbocycles. The maximum Gasteiger partial charge on any atom is 0.326 e. The van der Waals surface area contributed by atoms with Crippen molar-refractivity contribution in [2.45, 2.75) is 178 Å². The summed E-state index contributed by atoms with van der Waals surface area (Å²) in [7, 11) is 0. The van der Waals surface area contributed by atoms with Gasteiger partial charge in [-0.3, -0.25) is 57.5 Å². The molecule has 2 aromatic rings. The summed E-state index contributed by atoms with van der Waals surface area (Å²) in [5, 5.41) is 78.6. The van der Waals surface area contributed by atoms with Crippen LogP contribution in [0.15, 0.2) is 48.5 Å². The predicted octanol–water partition coefficient (Wildman–Crippen LogP) is -3.65. The Hall–Kier alpha value is -8.97. The fourth-order valence-corrected chi connectivity index (χ4v) is 9.12. The highest BCUT2D eigenvalue weighted by Gasteiger charge is 2.40. The third-order valence-corrected chi connectivity index (χ3v) is 14.4. The smallest absolute Gasteiger partial charge is 0.326 e. The number of carboxylic acids is 3. The Kier molecular flexibility index (Phi) is 29.5. The molecule has 0 spiro atoms. The molecule has 12 atom stereocenters. The standard InChI is InChI=1S/C56H82N12O19/c1-5-28(2)45(56(86)87)66-51(81)39(26-31-10-14-33(70)15-11-31)65-50(80)37(19-21-42(59)72)62-53(83)41-9-7-25-68(41)55(85)29(3)60-48(78)38(20-23-44(75)76)63-54(84)46(30(4)69)67-52(82)40(27-32-12-16-34(71)17-13-32)64-49(79)36(8-6-24-57)61-47(77)35(58)18-22-43(73)74/h10-17,28-30,35-41,45-46,69-71H,5-9,18-27,57-58H2,1-4H3,(H2,59,72)(H,60,78)(H,61,77)(H,62,83)(H,63,84)(H,64,79)(H,65,80)(H,66,81)(H,67,82)(H,73,74)(H,75,76)(H,86,87)/t28-,29+,30+,35-,36+,37-,38-,39-,40+,41-,45-,46+/m0/s1. The first-order valence-corrected chi connectivity index (χ1v) is 28.3. The largest absolute Gasteiger partial charge is 0.508 e. The van der Waals surface area contributed by atoms with Crippen molar-refractivity contribution in [3.05, 3.63) is 59.7 Å². The number of benzene rings is 2. The van der Waals surface area contributed by atoms with Gasteiger partial charge in [0, 0.05) is 38.6 Å². The minimum atomic E-state index is -1.92. The summed E-state index contributed by atoms with van der Waals surface area (Å²) in [6.45, 7) is 5.64. The Bertz CT molecular complexity index is 2750. The number of hydrogen-bond acceptors (Lipinski definition) is 18. The lowest BCUT2D eigenvalue weighted by Crippen LogP contribution is -2.62. The molecule has 10 amide bonds. The summed E-state index contributed by atoms with van der Waals surface area (Å²) < 4.78 is 0. The van der Waals surface area contributed by atoms with E-state index < -0.39 is 182 Å². The zero-order valence-electron chi connectivity index (χ0n) is 48.8. The molecule has 3 rings (SSSR count). The molecule has 1 aliphatic rings. The van der Waals surface area contributed by atoms with Gasteiger partial charge in [0.15, 0.2) is 0 Å². The van der Waals surface area contributed by atoms with Crippen molar-refractivity contribution in [3.63, 3.8) is 0 Å². The number of phenols is 2. The van der Waals surface area contributed by atoms with Crippen molar-refractivity contribution in [1.29, 1.82) is 0 Å². The molecule has 0 aromatic heterocycles. The lowest BCUT2D eigenvalue weighted by atomic mass is 9.98. The van der Waals surface area contributed by atoms with Gasteiger partial charge >= 0.3 is 17.9 Å². The predicted molar refractivity (Wildman–Crippen MR) is 307 cm³/mol. The number of hydrogen-bond donors (Lipinski definition) is 17. The first-order chi connectivity index (χ1) is 41.0. The zero-order chi connectivity index (χ0) is 65.2. The van der Waals surface area contributed by atoms with E-state index in [9.17, 15) is 87.9 Å². The van der Waals surface area contributed by atoms with Gasteiger partial charge in [0.25, 0.3) is 0 Å². The lowest BCUT2D eigenvalue weighted by molar-refractivity contribution is -0.144. The van der Waals surface area contributed by atoms with Gasteiger partial charge in [-0.05, 0) is 107 Å². The van der Waals surface area contributed by atoms with Crippen molar-refractivity contribution in [2.75, 3.05) is 13.1 Å². The van der Waals surface area contributed by atoms with Gasteiger partial charge in [-0.15, -0.1) is 0 Å². The molecule has 1 aliphatic heterocycles. The van der Waals surface area contributed by atoms with Gasteiger partial charge in [-0.1, -0.05) is 44.5 Å². The number of aliphatic hydroxyl groups excluding tert-OH is 1. The average Bonchev–Trinajstić information content (AvgIpc) is 4.26. The van der Waals surface area contributed by atoms with Crippen LogP contribution in [0, 0.1) is 5.92 Å². The SMILES string of the molecule is CC[C@H](C)[C@H](NC(=O)[C@H](Cc1ccc(O)cc1)NC(=O)[C@H](CCC(N)=O)NC(=O)[C@@H]1CCCN1C(=O)[C@@H](C)NC(=O)[C@H](CCC(=O)O)NC(=O)[C@H](NC(=O)[C@@H](Cc1ccc(O)cc1)NC(=O)[C@@H](CCCN)NC(=O)[C@@H](N)CCC(=O)O)[C@@H](C)O)C(=O)O. The molecule has 1 heterocycles. The summed E-state index contributed by atoms with van der Waals surface area (Å²) in [5.41, 5.74) is 17.7. The molecule has 20 N–H and O–H groups in total. The average molecular weight is 1230 g/mol. The van der Waals surface area contributed by atoms with Crippen LogP contribution in [0.1, 0.15) is 109 Å². The van der Waals surface area contributed by atoms with Gasteiger partial charge in [0.05, 0.1) is 12.1 Å². The number of nitrogens with two attached hydrogens (primary N) is 3. The molecule has 480 valence electrons. The highest BCUT2D eigenvalue weighted by Crippen LogP contribution is 2.21. The second-order valence-corrected chi connectivity index (χ2v) is 21.3. The van der Waals surface area contributed by atoms with Crippen molar-refractivity contribution in [3.8, 4) is 11.5 Å². The molecule has 1 fully saturated rings. The molecule has 31 nitrogen and oxygen atoms in total. The number of primary amides is 1. The third kappa shape index (κ3) is 24.1. The summed E-state index contributed by atoms with van der Waals surface area (Å²) in [6, 6.07) is -4.21. The van der Waals surface area contributed by atoms with Crippen molar-refractivity contribution >= 4 is 77.0 Å². The monoisotopic (exact) mass is 1230 g/mol. The van der Waals surface area contributed by atoms with Crippen LogP contribution in [-0.4, -0.2) is 192 Å². The minimum Gasteiger partial charge on any atom is -0.508 e. The Balaban J connectivity index is 1.85. The number of rotatable bonds is 37. The van der Waals surface area contributed by atoms with E-state index in [2.05, 4.69) is 42.5 Å². The molecule has 0 unspecified atom stereocenters. The third-order valence-electron chi connectivity index (χ3n) is 14.4. The minimum absolute atomic E-state index is 0.0278. The number of aliphatic carboxylic acids is 3. The number of likely N-dealkylation sites (tertiary alicyclic amines) is 1. The van der Waals surface area contributed by atoms with E-state index in [4.69, 9.17) is 22.3 Å². The van der Waals surface area contributed by atoms with E-state index in [0.29, 0.717) is 17.5 Å². The van der Waals surface area contributed by atoms with Gasteiger partial charge in [-0.25, -0.2) is 4.79 Å². The van der Waals surface area contributed by atoms with E-state index in [1.807, 2.05) is 0 Å². The number of aliphatic hydroxyl groups is 1. The van der Waals surface area contributed by atoms with Gasteiger partial charge < -0.3 is 95.3 Å². The maximum absolute atomic E-state index is 14.2.